The minimum atomic E-state index is -3.04. The molecule has 0 saturated carbocycles. The predicted octanol–water partition coefficient (Wildman–Crippen LogP) is 2.73. The summed E-state index contributed by atoms with van der Waals surface area (Å²) in [7, 11) is -0.312. The standard InChI is InChI=1S/C9H15N2O4P/c1-8(2,3)9(6-10)15-7(12)11-16(9,13-4)14-5/h1-5H3. The first-order valence-electron chi connectivity index (χ1n) is 4.66. The summed E-state index contributed by atoms with van der Waals surface area (Å²) in [5.41, 5.74) is -0.656. The maximum atomic E-state index is 11.3. The molecule has 1 heterocycles. The number of hydrogen-bond donors (Lipinski definition) is 0. The monoisotopic (exact) mass is 246 g/mol. The van der Waals surface area contributed by atoms with E-state index < -0.39 is 24.4 Å². The highest BCUT2D eigenvalue weighted by atomic mass is 31.2. The van der Waals surface area contributed by atoms with Gasteiger partial charge in [-0.15, -0.1) is 4.74 Å². The molecule has 0 aromatic rings. The Hall–Kier alpha value is -0.890. The molecule has 1 rings (SSSR count). The van der Waals surface area contributed by atoms with E-state index >= 15 is 0 Å². The van der Waals surface area contributed by atoms with Crippen LogP contribution in [0.5, 0.6) is 0 Å². The van der Waals surface area contributed by atoms with E-state index in [0.717, 1.165) is 0 Å². The van der Waals surface area contributed by atoms with Crippen LogP contribution in [0.4, 0.5) is 4.79 Å². The van der Waals surface area contributed by atoms with Crippen molar-refractivity contribution < 1.29 is 18.6 Å². The van der Waals surface area contributed by atoms with Gasteiger partial charge in [0.1, 0.15) is 6.07 Å². The Morgan fingerprint density at radius 2 is 1.94 bits per heavy atom. The van der Waals surface area contributed by atoms with Gasteiger partial charge in [-0.25, -0.2) is 4.79 Å². The van der Waals surface area contributed by atoms with Crippen molar-refractivity contribution >= 4 is 13.6 Å². The molecule has 16 heavy (non-hydrogen) atoms. The Bertz CT molecular complexity index is 399. The number of nitriles is 1. The maximum absolute atomic E-state index is 11.3. The van der Waals surface area contributed by atoms with Crippen molar-refractivity contribution in [2.45, 2.75) is 26.1 Å². The highest BCUT2D eigenvalue weighted by molar-refractivity contribution is 7.59. The number of carbonyl (C=O) groups is 1. The Kier molecular flexibility index (Phi) is 3.17. The summed E-state index contributed by atoms with van der Waals surface area (Å²) in [6.07, 6.45) is -0.812. The molecule has 0 bridgehead atoms. The fourth-order valence-corrected chi connectivity index (χ4v) is 4.02. The van der Waals surface area contributed by atoms with Gasteiger partial charge in [0.25, 0.3) is 12.9 Å². The number of hydrogen-bond acceptors (Lipinski definition) is 5. The smallest absolute Gasteiger partial charge is 0.415 e. The van der Waals surface area contributed by atoms with Gasteiger partial charge in [-0.1, -0.05) is 20.8 Å². The third-order valence-electron chi connectivity index (χ3n) is 2.51. The first kappa shape index (κ1) is 13.2. The minimum absolute atomic E-state index is 0.656. The number of amides is 1. The van der Waals surface area contributed by atoms with Gasteiger partial charge in [-0.05, 0) is 0 Å². The second-order valence-corrected chi connectivity index (χ2v) is 6.96. The Morgan fingerprint density at radius 3 is 2.19 bits per heavy atom. The van der Waals surface area contributed by atoms with Crippen molar-refractivity contribution in [3.05, 3.63) is 0 Å². The third-order valence-corrected chi connectivity index (χ3v) is 5.58. The fraction of sp³-hybridized carbons (Fsp3) is 0.778. The summed E-state index contributed by atoms with van der Waals surface area (Å²) in [5.74, 6) is 0. The molecule has 7 heteroatoms. The van der Waals surface area contributed by atoms with Gasteiger partial charge in [-0.3, -0.25) is 0 Å². The number of rotatable bonds is 2. The molecule has 0 aromatic carbocycles. The molecule has 0 radical (unpaired) electrons. The van der Waals surface area contributed by atoms with E-state index in [1.54, 1.807) is 20.8 Å². The van der Waals surface area contributed by atoms with Crippen molar-refractivity contribution in [1.29, 1.82) is 5.26 Å². The largest absolute Gasteiger partial charge is 0.438 e. The zero-order valence-electron chi connectivity index (χ0n) is 9.97. The molecule has 0 aromatic heterocycles. The summed E-state index contributed by atoms with van der Waals surface area (Å²) in [5, 5.41) is 7.86. The van der Waals surface area contributed by atoms with Crippen LogP contribution in [0.3, 0.4) is 0 Å². The first-order chi connectivity index (χ1) is 7.28. The zero-order chi connectivity index (χ0) is 12.6. The number of ether oxygens (including phenoxy) is 1. The molecule has 1 unspecified atom stereocenters. The summed E-state index contributed by atoms with van der Waals surface area (Å²) >= 11 is 0. The SMILES string of the molecule is COP1(OC)=NC(=O)OC1(C#N)C(C)(C)C. The summed E-state index contributed by atoms with van der Waals surface area (Å²) in [6.45, 7) is 5.32. The second kappa shape index (κ2) is 3.85. The van der Waals surface area contributed by atoms with Gasteiger partial charge in [0, 0.05) is 19.6 Å². The Labute approximate surface area is 94.7 Å². The second-order valence-electron chi connectivity index (χ2n) is 4.36. The predicted molar refractivity (Wildman–Crippen MR) is 57.6 cm³/mol. The maximum Gasteiger partial charge on any atom is 0.438 e. The quantitative estimate of drug-likeness (QED) is 0.699. The van der Waals surface area contributed by atoms with Gasteiger partial charge in [-0.2, -0.15) is 5.26 Å². The van der Waals surface area contributed by atoms with E-state index in [1.165, 1.54) is 14.2 Å². The molecule has 1 aliphatic heterocycles. The van der Waals surface area contributed by atoms with E-state index in [9.17, 15) is 10.1 Å². The normalized spacial score (nSPS) is 28.1. The van der Waals surface area contributed by atoms with Crippen molar-refractivity contribution in [2.24, 2.45) is 10.2 Å². The van der Waals surface area contributed by atoms with Gasteiger partial charge in [0.15, 0.2) is 0 Å². The van der Waals surface area contributed by atoms with Crippen LogP contribution in [-0.2, 0) is 13.8 Å². The molecular formula is C9H15N2O4P. The average molecular weight is 246 g/mol. The fourth-order valence-electron chi connectivity index (χ4n) is 1.63. The van der Waals surface area contributed by atoms with E-state index in [4.69, 9.17) is 13.8 Å². The average Bonchev–Trinajstić information content (AvgIpc) is 2.51. The van der Waals surface area contributed by atoms with E-state index in [0.29, 0.717) is 0 Å². The van der Waals surface area contributed by atoms with Gasteiger partial charge < -0.3 is 13.8 Å². The van der Waals surface area contributed by atoms with E-state index in [1.807, 2.05) is 6.07 Å². The van der Waals surface area contributed by atoms with Crippen LogP contribution in [0.1, 0.15) is 20.8 Å². The number of nitrogens with zero attached hydrogens (tertiary/aromatic N) is 2. The molecule has 1 amide bonds. The van der Waals surface area contributed by atoms with Crippen LogP contribution in [0.15, 0.2) is 4.74 Å². The van der Waals surface area contributed by atoms with Crippen molar-refractivity contribution in [2.75, 3.05) is 14.2 Å². The molecule has 0 saturated heterocycles. The lowest BCUT2D eigenvalue weighted by Crippen LogP contribution is -2.42. The molecule has 1 atom stereocenters. The van der Waals surface area contributed by atoms with Crippen LogP contribution in [0.2, 0.25) is 0 Å². The van der Waals surface area contributed by atoms with Gasteiger partial charge in [0.2, 0.25) is 0 Å². The summed E-state index contributed by atoms with van der Waals surface area (Å²) in [4.78, 5) is 11.3. The van der Waals surface area contributed by atoms with Crippen molar-refractivity contribution in [1.82, 2.24) is 0 Å². The molecule has 0 aliphatic carbocycles. The number of carbonyl (C=O) groups excluding carboxylic acids is 1. The highest BCUT2D eigenvalue weighted by Gasteiger charge is 2.64. The van der Waals surface area contributed by atoms with Crippen LogP contribution >= 0.6 is 7.51 Å². The van der Waals surface area contributed by atoms with Crippen LogP contribution in [0.25, 0.3) is 0 Å². The van der Waals surface area contributed by atoms with Crippen LogP contribution in [0, 0.1) is 16.7 Å². The molecule has 1 aliphatic rings. The van der Waals surface area contributed by atoms with Crippen molar-refractivity contribution in [3.63, 3.8) is 0 Å². The van der Waals surface area contributed by atoms with Crippen LogP contribution < -0.4 is 0 Å². The molecule has 0 N–H and O–H groups in total. The topological polar surface area (TPSA) is 80.9 Å². The zero-order valence-corrected chi connectivity index (χ0v) is 10.9. The van der Waals surface area contributed by atoms with Crippen LogP contribution in [-0.4, -0.2) is 25.7 Å². The van der Waals surface area contributed by atoms with E-state index in [-0.39, 0.29) is 0 Å². The van der Waals surface area contributed by atoms with Gasteiger partial charge in [0.05, 0.1) is 0 Å². The highest BCUT2D eigenvalue weighted by Crippen LogP contribution is 2.70. The first-order valence-corrected chi connectivity index (χ1v) is 6.24. The molecule has 6 nitrogen and oxygen atoms in total. The van der Waals surface area contributed by atoms with Gasteiger partial charge >= 0.3 is 6.09 Å². The number of cyclic esters (lactones) is 1. The molecule has 0 fully saturated rings. The Morgan fingerprint density at radius 1 is 1.44 bits per heavy atom. The lowest BCUT2D eigenvalue weighted by Gasteiger charge is -2.38. The lowest BCUT2D eigenvalue weighted by atomic mass is 9.89. The Balaban J connectivity index is 3.51. The lowest BCUT2D eigenvalue weighted by molar-refractivity contribution is 0.0369. The molecular weight excluding hydrogens is 231 g/mol. The molecule has 0 spiro atoms. The van der Waals surface area contributed by atoms with Crippen molar-refractivity contribution in [3.8, 4) is 6.07 Å². The van der Waals surface area contributed by atoms with E-state index in [2.05, 4.69) is 4.74 Å². The summed E-state index contributed by atoms with van der Waals surface area (Å²) in [6, 6.07) is 2.00. The molecule has 90 valence electrons. The minimum Gasteiger partial charge on any atom is -0.415 e. The third kappa shape index (κ3) is 1.47. The summed E-state index contributed by atoms with van der Waals surface area (Å²) < 4.78 is 19.2.